The van der Waals surface area contributed by atoms with E-state index in [9.17, 15) is 9.59 Å². The molecule has 0 aliphatic heterocycles. The van der Waals surface area contributed by atoms with Crippen molar-refractivity contribution in [2.24, 2.45) is 5.92 Å². The summed E-state index contributed by atoms with van der Waals surface area (Å²) in [6.45, 7) is 5.89. The van der Waals surface area contributed by atoms with Crippen LogP contribution in [0.4, 0.5) is 0 Å². The average Bonchev–Trinajstić information content (AvgIpc) is 2.35. The van der Waals surface area contributed by atoms with Crippen LogP contribution in [0.2, 0.25) is 0 Å². The van der Waals surface area contributed by atoms with Gasteiger partial charge in [0.1, 0.15) is 6.04 Å². The fraction of sp³-hybridized carbons (Fsp3) is 0.467. The van der Waals surface area contributed by atoms with Gasteiger partial charge in [-0.25, -0.2) is 4.79 Å². The number of esters is 1. The van der Waals surface area contributed by atoms with Gasteiger partial charge < -0.3 is 10.1 Å². The summed E-state index contributed by atoms with van der Waals surface area (Å²) in [5, 5.41) is 2.74. The van der Waals surface area contributed by atoms with Crippen LogP contribution in [0.1, 0.15) is 36.2 Å². The van der Waals surface area contributed by atoms with Crippen LogP contribution in [-0.4, -0.2) is 25.0 Å². The Labute approximate surface area is 128 Å². The van der Waals surface area contributed by atoms with E-state index in [1.807, 2.05) is 26.8 Å². The van der Waals surface area contributed by atoms with Crippen molar-refractivity contribution in [1.29, 1.82) is 0 Å². The van der Waals surface area contributed by atoms with Gasteiger partial charge in [0.25, 0.3) is 5.91 Å². The second-order valence-electron chi connectivity index (χ2n) is 5.20. The molecule has 1 unspecified atom stereocenters. The predicted molar refractivity (Wildman–Crippen MR) is 81.6 cm³/mol. The Morgan fingerprint density at radius 2 is 1.95 bits per heavy atom. The van der Waals surface area contributed by atoms with Crippen molar-refractivity contribution in [3.8, 4) is 0 Å². The zero-order valence-electron chi connectivity index (χ0n) is 12.2. The number of methoxy groups -OCH3 is 1. The summed E-state index contributed by atoms with van der Waals surface area (Å²) in [5.74, 6) is -0.409. The SMILES string of the molecule is COC(=O)C(CC(C)C)NC(=O)c1cc(C)cc(Br)c1. The van der Waals surface area contributed by atoms with Crippen molar-refractivity contribution >= 4 is 27.8 Å². The molecule has 1 rings (SSSR count). The molecule has 0 saturated heterocycles. The molecule has 0 saturated carbocycles. The van der Waals surface area contributed by atoms with Crippen molar-refractivity contribution in [3.63, 3.8) is 0 Å². The number of halogens is 1. The van der Waals surface area contributed by atoms with E-state index >= 15 is 0 Å². The Bertz CT molecular complexity index is 480. The third kappa shape index (κ3) is 4.96. The van der Waals surface area contributed by atoms with Gasteiger partial charge >= 0.3 is 5.97 Å². The molecule has 20 heavy (non-hydrogen) atoms. The normalized spacial score (nSPS) is 12.1. The molecule has 5 heteroatoms. The smallest absolute Gasteiger partial charge is 0.328 e. The maximum Gasteiger partial charge on any atom is 0.328 e. The summed E-state index contributed by atoms with van der Waals surface area (Å²) in [4.78, 5) is 23.9. The number of nitrogens with one attached hydrogen (secondary N) is 1. The second kappa shape index (κ2) is 7.43. The fourth-order valence-corrected chi connectivity index (χ4v) is 2.54. The molecule has 0 fully saturated rings. The van der Waals surface area contributed by atoms with Crippen LogP contribution >= 0.6 is 15.9 Å². The van der Waals surface area contributed by atoms with Gasteiger partial charge in [-0.15, -0.1) is 0 Å². The lowest BCUT2D eigenvalue weighted by atomic mass is 10.0. The third-order valence-corrected chi connectivity index (χ3v) is 3.26. The average molecular weight is 342 g/mol. The molecule has 1 aromatic rings. The third-order valence-electron chi connectivity index (χ3n) is 2.80. The molecule has 1 aromatic carbocycles. The lowest BCUT2D eigenvalue weighted by Crippen LogP contribution is -2.42. The molecule has 0 aliphatic carbocycles. The molecule has 0 radical (unpaired) electrons. The molecular weight excluding hydrogens is 322 g/mol. The fourth-order valence-electron chi connectivity index (χ4n) is 1.94. The van der Waals surface area contributed by atoms with E-state index in [0.717, 1.165) is 10.0 Å². The summed E-state index contributed by atoms with van der Waals surface area (Å²) in [5.41, 5.74) is 1.50. The number of hydrogen-bond donors (Lipinski definition) is 1. The van der Waals surface area contributed by atoms with Crippen molar-refractivity contribution in [2.45, 2.75) is 33.2 Å². The van der Waals surface area contributed by atoms with E-state index in [1.165, 1.54) is 7.11 Å². The first-order valence-electron chi connectivity index (χ1n) is 6.49. The summed E-state index contributed by atoms with van der Waals surface area (Å²) >= 11 is 3.36. The first kappa shape index (κ1) is 16.7. The van der Waals surface area contributed by atoms with E-state index in [1.54, 1.807) is 12.1 Å². The van der Waals surface area contributed by atoms with E-state index < -0.39 is 12.0 Å². The summed E-state index contributed by atoms with van der Waals surface area (Å²) in [6.07, 6.45) is 0.547. The van der Waals surface area contributed by atoms with Gasteiger partial charge in [-0.1, -0.05) is 29.8 Å². The Morgan fingerprint density at radius 3 is 2.45 bits per heavy atom. The molecule has 110 valence electrons. The first-order chi connectivity index (χ1) is 9.33. The maximum absolute atomic E-state index is 12.2. The first-order valence-corrected chi connectivity index (χ1v) is 7.28. The Morgan fingerprint density at radius 1 is 1.30 bits per heavy atom. The standard InChI is InChI=1S/C15H20BrNO3/c1-9(2)5-13(15(19)20-4)17-14(18)11-6-10(3)7-12(16)8-11/h6-9,13H,5H2,1-4H3,(H,17,18). The lowest BCUT2D eigenvalue weighted by molar-refractivity contribution is -0.143. The zero-order valence-corrected chi connectivity index (χ0v) is 13.8. The Kier molecular flexibility index (Phi) is 6.20. The van der Waals surface area contributed by atoms with Gasteiger partial charge in [0.05, 0.1) is 7.11 Å². The molecule has 0 aliphatic rings. The highest BCUT2D eigenvalue weighted by Crippen LogP contribution is 2.16. The topological polar surface area (TPSA) is 55.4 Å². The molecular formula is C15H20BrNO3. The van der Waals surface area contributed by atoms with Gasteiger partial charge in [-0.2, -0.15) is 0 Å². The second-order valence-corrected chi connectivity index (χ2v) is 6.11. The van der Waals surface area contributed by atoms with Gasteiger partial charge in [-0.05, 0) is 43.0 Å². The Hall–Kier alpha value is -1.36. The molecule has 4 nitrogen and oxygen atoms in total. The van der Waals surface area contributed by atoms with Crippen molar-refractivity contribution in [2.75, 3.05) is 7.11 Å². The minimum atomic E-state index is -0.619. The van der Waals surface area contributed by atoms with Crippen molar-refractivity contribution in [1.82, 2.24) is 5.32 Å². The van der Waals surface area contributed by atoms with Crippen LogP contribution in [0.15, 0.2) is 22.7 Å². The van der Waals surface area contributed by atoms with Gasteiger partial charge in [0.2, 0.25) is 0 Å². The number of amides is 1. The van der Waals surface area contributed by atoms with Crippen LogP contribution < -0.4 is 5.32 Å². The van der Waals surface area contributed by atoms with Crippen molar-refractivity contribution < 1.29 is 14.3 Å². The van der Waals surface area contributed by atoms with Crippen LogP contribution in [0.3, 0.4) is 0 Å². The molecule has 1 amide bonds. The quantitative estimate of drug-likeness (QED) is 0.837. The predicted octanol–water partition coefficient (Wildman–Crippen LogP) is 3.08. The van der Waals surface area contributed by atoms with E-state index in [-0.39, 0.29) is 11.8 Å². The number of rotatable bonds is 5. The number of carbonyl (C=O) groups is 2. The van der Waals surface area contributed by atoms with Crippen LogP contribution in [0.5, 0.6) is 0 Å². The van der Waals surface area contributed by atoms with Gasteiger partial charge in [0, 0.05) is 10.0 Å². The molecule has 0 aromatic heterocycles. The molecule has 0 bridgehead atoms. The van der Waals surface area contributed by atoms with Crippen molar-refractivity contribution in [3.05, 3.63) is 33.8 Å². The van der Waals surface area contributed by atoms with E-state index in [0.29, 0.717) is 12.0 Å². The number of aryl methyl sites for hydroxylation is 1. The van der Waals surface area contributed by atoms with Crippen LogP contribution in [-0.2, 0) is 9.53 Å². The minimum Gasteiger partial charge on any atom is -0.467 e. The number of carbonyl (C=O) groups excluding carboxylic acids is 2. The lowest BCUT2D eigenvalue weighted by Gasteiger charge is -2.18. The number of ether oxygens (including phenoxy) is 1. The highest BCUT2D eigenvalue weighted by molar-refractivity contribution is 9.10. The van der Waals surface area contributed by atoms with Crippen LogP contribution in [0, 0.1) is 12.8 Å². The molecule has 1 atom stereocenters. The minimum absolute atomic E-state index is 0.273. The summed E-state index contributed by atoms with van der Waals surface area (Å²) in [7, 11) is 1.32. The van der Waals surface area contributed by atoms with E-state index in [2.05, 4.69) is 21.2 Å². The number of benzene rings is 1. The molecule has 1 N–H and O–H groups in total. The van der Waals surface area contributed by atoms with Gasteiger partial charge in [-0.3, -0.25) is 4.79 Å². The molecule has 0 heterocycles. The monoisotopic (exact) mass is 341 g/mol. The van der Waals surface area contributed by atoms with Gasteiger partial charge in [0.15, 0.2) is 0 Å². The Balaban J connectivity index is 2.87. The summed E-state index contributed by atoms with van der Waals surface area (Å²) < 4.78 is 5.57. The van der Waals surface area contributed by atoms with E-state index in [4.69, 9.17) is 4.74 Å². The highest BCUT2D eigenvalue weighted by Gasteiger charge is 2.23. The zero-order chi connectivity index (χ0) is 15.3. The summed E-state index contributed by atoms with van der Waals surface area (Å²) in [6, 6.07) is 4.81. The maximum atomic E-state index is 12.2. The highest BCUT2D eigenvalue weighted by atomic mass is 79.9. The van der Waals surface area contributed by atoms with Crippen LogP contribution in [0.25, 0.3) is 0 Å². The largest absolute Gasteiger partial charge is 0.467 e. The molecule has 0 spiro atoms. The number of hydrogen-bond acceptors (Lipinski definition) is 3.